The lowest BCUT2D eigenvalue weighted by molar-refractivity contribution is -0.116. The number of rotatable bonds is 8. The van der Waals surface area contributed by atoms with Gasteiger partial charge in [-0.3, -0.25) is 0 Å². The van der Waals surface area contributed by atoms with E-state index in [-0.39, 0.29) is 13.0 Å². The van der Waals surface area contributed by atoms with Crippen molar-refractivity contribution in [3.63, 3.8) is 0 Å². The maximum absolute atomic E-state index is 13.3. The molecular weight excluding hydrogens is 233 g/mol. The molecule has 0 unspecified atom stereocenters. The van der Waals surface area contributed by atoms with Crippen LogP contribution in [-0.2, 0) is 11.2 Å². The molecule has 0 saturated heterocycles. The first-order chi connectivity index (χ1) is 8.61. The number of aryl methyl sites for hydroxylation is 1. The monoisotopic (exact) mass is 255 g/mol. The van der Waals surface area contributed by atoms with Gasteiger partial charge in [-0.2, -0.15) is 0 Å². The van der Waals surface area contributed by atoms with Crippen molar-refractivity contribution >= 4 is 5.78 Å². The maximum Gasteiger partial charge on any atom is 0.130 e. The minimum Gasteiger partial charge on any atom is -0.492 e. The molecule has 0 aromatic heterocycles. The number of ketones is 1. The summed E-state index contributed by atoms with van der Waals surface area (Å²) in [6, 6.07) is 4.60. The highest BCUT2D eigenvalue weighted by Crippen LogP contribution is 2.17. The molecule has 0 aliphatic carbocycles. The third-order valence-corrected chi connectivity index (χ3v) is 2.49. The Morgan fingerprint density at radius 1 is 1.44 bits per heavy atom. The molecule has 1 N–H and O–H groups in total. The molecule has 0 aliphatic rings. The lowest BCUT2D eigenvalue weighted by Crippen LogP contribution is -2.20. The molecule has 1 aromatic carbocycles. The minimum atomic E-state index is -0.325. The Kier molecular flexibility index (Phi) is 6.36. The molecule has 1 aromatic rings. The number of Topliss-reactive ketones (excluding diaryl/α,β-unsaturated/α-hetero) is 1. The van der Waals surface area contributed by atoms with Crippen LogP contribution in [-0.4, -0.2) is 25.5 Å². The van der Waals surface area contributed by atoms with Crippen molar-refractivity contribution in [3.8, 4) is 5.75 Å². The summed E-state index contributed by atoms with van der Waals surface area (Å²) in [6.45, 7) is 5.67. The second-order valence-corrected chi connectivity index (χ2v) is 4.20. The molecule has 0 heterocycles. The number of hydrogen-bond acceptors (Lipinski definition) is 3. The van der Waals surface area contributed by atoms with Crippen LogP contribution in [0.15, 0.2) is 18.2 Å². The standard InChI is InChI=1S/C14H20FNO2.H2/c1-3-16-6-7-18-14-9-12(5-4-11(2)17)8-13(15)10-14;/h8-10,16H,3-7H2,1-2H3;1H. The highest BCUT2D eigenvalue weighted by atomic mass is 19.1. The Morgan fingerprint density at radius 2 is 2.22 bits per heavy atom. The molecular formula is C14H22FNO2. The largest absolute Gasteiger partial charge is 0.492 e. The number of carbonyl (C=O) groups excluding carboxylic acids is 1. The molecule has 102 valence electrons. The van der Waals surface area contributed by atoms with Crippen LogP contribution >= 0.6 is 0 Å². The van der Waals surface area contributed by atoms with E-state index in [1.54, 1.807) is 6.07 Å². The van der Waals surface area contributed by atoms with E-state index in [0.29, 0.717) is 25.2 Å². The molecule has 0 amide bonds. The van der Waals surface area contributed by atoms with Crippen LogP contribution in [0.5, 0.6) is 5.75 Å². The molecule has 0 radical (unpaired) electrons. The van der Waals surface area contributed by atoms with Crippen LogP contribution in [0.3, 0.4) is 0 Å². The van der Waals surface area contributed by atoms with Crippen molar-refractivity contribution in [2.75, 3.05) is 19.7 Å². The van der Waals surface area contributed by atoms with Crippen LogP contribution in [0.25, 0.3) is 0 Å². The molecule has 0 fully saturated rings. The van der Waals surface area contributed by atoms with Crippen LogP contribution in [0, 0.1) is 5.82 Å². The Labute approximate surface area is 109 Å². The zero-order valence-electron chi connectivity index (χ0n) is 11.0. The first kappa shape index (κ1) is 14.6. The summed E-state index contributed by atoms with van der Waals surface area (Å²) in [7, 11) is 0. The zero-order valence-corrected chi connectivity index (χ0v) is 11.0. The van der Waals surface area contributed by atoms with Crippen molar-refractivity contribution in [2.45, 2.75) is 26.7 Å². The van der Waals surface area contributed by atoms with E-state index in [9.17, 15) is 9.18 Å². The minimum absolute atomic E-state index is 0. The Bertz CT molecular complexity index is 399. The quantitative estimate of drug-likeness (QED) is 0.726. The third kappa shape index (κ3) is 5.77. The SMILES string of the molecule is CCNCCOc1cc(F)cc(CCC(C)=O)c1.[HH]. The van der Waals surface area contributed by atoms with Gasteiger partial charge in [-0.25, -0.2) is 4.39 Å². The van der Waals surface area contributed by atoms with E-state index in [1.807, 2.05) is 6.92 Å². The second kappa shape index (κ2) is 7.82. The molecule has 0 bridgehead atoms. The van der Waals surface area contributed by atoms with E-state index in [2.05, 4.69) is 5.32 Å². The van der Waals surface area contributed by atoms with Gasteiger partial charge < -0.3 is 14.8 Å². The number of nitrogens with one attached hydrogen (secondary N) is 1. The number of ether oxygens (including phenoxy) is 1. The summed E-state index contributed by atoms with van der Waals surface area (Å²) in [5, 5.41) is 3.12. The fraction of sp³-hybridized carbons (Fsp3) is 0.500. The van der Waals surface area contributed by atoms with Gasteiger partial charge in [0.15, 0.2) is 0 Å². The molecule has 0 atom stereocenters. The second-order valence-electron chi connectivity index (χ2n) is 4.20. The summed E-state index contributed by atoms with van der Waals surface area (Å²) >= 11 is 0. The van der Waals surface area contributed by atoms with E-state index in [4.69, 9.17) is 4.74 Å². The molecule has 0 saturated carbocycles. The summed E-state index contributed by atoms with van der Waals surface area (Å²) in [4.78, 5) is 10.9. The van der Waals surface area contributed by atoms with Crippen molar-refractivity contribution in [2.24, 2.45) is 0 Å². The van der Waals surface area contributed by atoms with Gasteiger partial charge in [0.2, 0.25) is 0 Å². The van der Waals surface area contributed by atoms with Gasteiger partial charge in [0.25, 0.3) is 0 Å². The van der Waals surface area contributed by atoms with Crippen LogP contribution in [0.4, 0.5) is 4.39 Å². The summed E-state index contributed by atoms with van der Waals surface area (Å²) in [5.41, 5.74) is 0.795. The van der Waals surface area contributed by atoms with Gasteiger partial charge in [0.1, 0.15) is 24.0 Å². The van der Waals surface area contributed by atoms with E-state index < -0.39 is 0 Å². The Morgan fingerprint density at radius 3 is 2.89 bits per heavy atom. The Balaban J connectivity index is 0.00000324. The number of halogens is 1. The average Bonchev–Trinajstić information content (AvgIpc) is 2.32. The van der Waals surface area contributed by atoms with Gasteiger partial charge in [0.05, 0.1) is 0 Å². The molecule has 1 rings (SSSR count). The zero-order chi connectivity index (χ0) is 13.4. The number of benzene rings is 1. The normalized spacial score (nSPS) is 10.4. The van der Waals surface area contributed by atoms with Crippen molar-refractivity contribution in [3.05, 3.63) is 29.6 Å². The molecule has 0 spiro atoms. The highest BCUT2D eigenvalue weighted by molar-refractivity contribution is 5.75. The topological polar surface area (TPSA) is 38.3 Å². The molecule has 0 aliphatic heterocycles. The maximum atomic E-state index is 13.3. The van der Waals surface area contributed by atoms with Crippen molar-refractivity contribution < 1.29 is 15.3 Å². The predicted octanol–water partition coefficient (Wildman–Crippen LogP) is 2.58. The lowest BCUT2D eigenvalue weighted by Gasteiger charge is -2.08. The fourth-order valence-electron chi connectivity index (χ4n) is 1.59. The van der Waals surface area contributed by atoms with Gasteiger partial charge in [-0.1, -0.05) is 6.92 Å². The summed E-state index contributed by atoms with van der Waals surface area (Å²) in [6.07, 6.45) is 0.983. The average molecular weight is 255 g/mol. The first-order valence-corrected chi connectivity index (χ1v) is 6.24. The van der Waals surface area contributed by atoms with Gasteiger partial charge in [-0.15, -0.1) is 0 Å². The summed E-state index contributed by atoms with van der Waals surface area (Å²) in [5.74, 6) is 0.301. The molecule has 4 heteroatoms. The molecule has 3 nitrogen and oxygen atoms in total. The van der Waals surface area contributed by atoms with Crippen LogP contribution in [0.1, 0.15) is 27.3 Å². The van der Waals surface area contributed by atoms with Crippen LogP contribution in [0.2, 0.25) is 0 Å². The lowest BCUT2D eigenvalue weighted by atomic mass is 10.1. The van der Waals surface area contributed by atoms with Crippen molar-refractivity contribution in [1.82, 2.24) is 5.32 Å². The highest BCUT2D eigenvalue weighted by Gasteiger charge is 2.03. The predicted molar refractivity (Wildman–Crippen MR) is 71.6 cm³/mol. The van der Waals surface area contributed by atoms with Gasteiger partial charge >= 0.3 is 0 Å². The number of likely N-dealkylation sites (N-methyl/N-ethyl adjacent to an activating group) is 1. The van der Waals surface area contributed by atoms with Crippen molar-refractivity contribution in [1.29, 1.82) is 0 Å². The smallest absolute Gasteiger partial charge is 0.130 e. The van der Waals surface area contributed by atoms with Gasteiger partial charge in [-0.05, 0) is 37.6 Å². The number of carbonyl (C=O) groups is 1. The number of hydrogen-bond donors (Lipinski definition) is 1. The summed E-state index contributed by atoms with van der Waals surface area (Å²) < 4.78 is 18.8. The van der Waals surface area contributed by atoms with Crippen LogP contribution < -0.4 is 10.1 Å². The van der Waals surface area contributed by atoms with E-state index >= 15 is 0 Å². The molecule has 18 heavy (non-hydrogen) atoms. The van der Waals surface area contributed by atoms with Gasteiger partial charge in [0, 0.05) is 20.5 Å². The van der Waals surface area contributed by atoms with E-state index in [0.717, 1.165) is 18.7 Å². The Hall–Kier alpha value is -1.42. The van der Waals surface area contributed by atoms with E-state index in [1.165, 1.54) is 19.1 Å². The third-order valence-electron chi connectivity index (χ3n) is 2.49. The fourth-order valence-corrected chi connectivity index (χ4v) is 1.59. The first-order valence-electron chi connectivity index (χ1n) is 6.24.